The summed E-state index contributed by atoms with van der Waals surface area (Å²) < 4.78 is 23.2. The van der Waals surface area contributed by atoms with Gasteiger partial charge in [0.15, 0.2) is 9.84 Å². The summed E-state index contributed by atoms with van der Waals surface area (Å²) in [7, 11) is -3.22. The number of carbonyl (C=O) groups is 1. The molecule has 3 aliphatic rings. The van der Waals surface area contributed by atoms with Crippen molar-refractivity contribution < 1.29 is 13.2 Å². The maximum absolute atomic E-state index is 12.9. The van der Waals surface area contributed by atoms with E-state index >= 15 is 0 Å². The van der Waals surface area contributed by atoms with Crippen LogP contribution in [-0.2, 0) is 27.5 Å². The van der Waals surface area contributed by atoms with E-state index < -0.39 is 9.84 Å². The predicted molar refractivity (Wildman–Crippen MR) is 113 cm³/mol. The van der Waals surface area contributed by atoms with Gasteiger partial charge in [-0.2, -0.15) is 0 Å². The smallest absolute Gasteiger partial charge is 0.227 e. The molecule has 7 nitrogen and oxygen atoms in total. The van der Waals surface area contributed by atoms with Crippen LogP contribution in [0.4, 0.5) is 5.95 Å². The number of aromatic nitrogens is 2. The maximum atomic E-state index is 12.9. The van der Waals surface area contributed by atoms with Crippen LogP contribution < -0.4 is 4.90 Å². The summed E-state index contributed by atoms with van der Waals surface area (Å²) in [5.74, 6) is 1.63. The Kier molecular flexibility index (Phi) is 4.76. The van der Waals surface area contributed by atoms with Crippen LogP contribution in [0, 0.1) is 5.92 Å². The lowest BCUT2D eigenvalue weighted by molar-refractivity contribution is -0.129. The van der Waals surface area contributed by atoms with E-state index in [1.807, 2.05) is 11.1 Å². The van der Waals surface area contributed by atoms with Gasteiger partial charge in [-0.1, -0.05) is 12.1 Å². The Morgan fingerprint density at radius 3 is 2.57 bits per heavy atom. The molecule has 1 aromatic heterocycles. The molecule has 158 valence electrons. The second-order valence-electron chi connectivity index (χ2n) is 8.74. The fourth-order valence-corrected chi connectivity index (χ4v) is 5.60. The number of amides is 1. The molecular weight excluding hydrogens is 400 g/mol. The average Bonchev–Trinajstić information content (AvgIpc) is 3.43. The largest absolute Gasteiger partial charge is 0.341 e. The molecule has 30 heavy (non-hydrogen) atoms. The lowest BCUT2D eigenvalue weighted by Crippen LogP contribution is -2.31. The highest BCUT2D eigenvalue weighted by Gasteiger charge is 2.43. The van der Waals surface area contributed by atoms with Crippen molar-refractivity contribution in [1.82, 2.24) is 14.9 Å². The van der Waals surface area contributed by atoms with E-state index in [1.165, 1.54) is 24.7 Å². The third-order valence-electron chi connectivity index (χ3n) is 6.61. The molecule has 2 aromatic rings. The number of rotatable bonds is 4. The lowest BCUT2D eigenvalue weighted by atomic mass is 9.99. The number of carbonyl (C=O) groups excluding carboxylic acids is 1. The Morgan fingerprint density at radius 2 is 1.87 bits per heavy atom. The highest BCUT2D eigenvalue weighted by Crippen LogP contribution is 2.42. The molecule has 0 spiro atoms. The van der Waals surface area contributed by atoms with E-state index in [9.17, 15) is 13.2 Å². The summed E-state index contributed by atoms with van der Waals surface area (Å²) >= 11 is 0. The first-order valence-corrected chi connectivity index (χ1v) is 12.4. The minimum Gasteiger partial charge on any atom is -0.341 e. The Balaban J connectivity index is 1.27. The third kappa shape index (κ3) is 3.57. The van der Waals surface area contributed by atoms with E-state index in [-0.39, 0.29) is 10.8 Å². The topological polar surface area (TPSA) is 83.5 Å². The standard InChI is InChI=1S/C22H26N4O3S/c1-30(28,29)18-6-4-15(5-7-18)10-20(27)26-13-17-11-16-12-23-22(25-8-2-3-9-25)24-21(16)19(17)14-26/h4-7,12,17,19H,2-3,8-11,13-14H2,1H3/t17-,19+/m1/s1. The molecule has 2 saturated heterocycles. The predicted octanol–water partition coefficient (Wildman–Crippen LogP) is 1.82. The zero-order chi connectivity index (χ0) is 20.9. The zero-order valence-electron chi connectivity index (χ0n) is 17.1. The average molecular weight is 427 g/mol. The van der Waals surface area contributed by atoms with Crippen LogP contribution in [-0.4, -0.2) is 61.6 Å². The van der Waals surface area contributed by atoms with Crippen molar-refractivity contribution in [3.63, 3.8) is 0 Å². The van der Waals surface area contributed by atoms with Gasteiger partial charge >= 0.3 is 0 Å². The van der Waals surface area contributed by atoms with E-state index in [2.05, 4.69) is 9.88 Å². The summed E-state index contributed by atoms with van der Waals surface area (Å²) in [5, 5.41) is 0. The van der Waals surface area contributed by atoms with Gasteiger partial charge in [0.05, 0.1) is 17.0 Å². The molecule has 0 radical (unpaired) electrons. The first kappa shape index (κ1) is 19.5. The van der Waals surface area contributed by atoms with E-state index in [0.717, 1.165) is 43.3 Å². The fourth-order valence-electron chi connectivity index (χ4n) is 4.97. The van der Waals surface area contributed by atoms with Gasteiger partial charge < -0.3 is 9.80 Å². The summed E-state index contributed by atoms with van der Waals surface area (Å²) in [5.41, 5.74) is 3.20. The van der Waals surface area contributed by atoms with E-state index in [4.69, 9.17) is 4.98 Å². The normalized spacial score (nSPS) is 23.0. The van der Waals surface area contributed by atoms with E-state index in [1.54, 1.807) is 24.3 Å². The highest BCUT2D eigenvalue weighted by atomic mass is 32.2. The van der Waals surface area contributed by atoms with Gasteiger partial charge in [-0.25, -0.2) is 18.4 Å². The van der Waals surface area contributed by atoms with Gasteiger partial charge in [-0.05, 0) is 48.4 Å². The molecule has 1 aromatic carbocycles. The molecule has 0 saturated carbocycles. The van der Waals surface area contributed by atoms with Gasteiger partial charge in [0.1, 0.15) is 0 Å². The van der Waals surface area contributed by atoms with Crippen molar-refractivity contribution in [2.24, 2.45) is 5.92 Å². The highest BCUT2D eigenvalue weighted by molar-refractivity contribution is 7.90. The van der Waals surface area contributed by atoms with Crippen LogP contribution in [0.15, 0.2) is 35.4 Å². The molecule has 0 unspecified atom stereocenters. The van der Waals surface area contributed by atoms with Crippen molar-refractivity contribution in [3.8, 4) is 0 Å². The number of anilines is 1. The number of nitrogens with zero attached hydrogens (tertiary/aromatic N) is 4. The molecule has 8 heteroatoms. The first-order chi connectivity index (χ1) is 14.4. The van der Waals surface area contributed by atoms with Crippen LogP contribution in [0.2, 0.25) is 0 Å². The Bertz CT molecular complexity index is 1080. The van der Waals surface area contributed by atoms with Crippen molar-refractivity contribution in [2.75, 3.05) is 37.3 Å². The summed E-state index contributed by atoms with van der Waals surface area (Å²) in [6, 6.07) is 6.61. The third-order valence-corrected chi connectivity index (χ3v) is 7.74. The zero-order valence-corrected chi connectivity index (χ0v) is 17.9. The molecule has 3 heterocycles. The Morgan fingerprint density at radius 1 is 1.13 bits per heavy atom. The van der Waals surface area contributed by atoms with Crippen molar-refractivity contribution >= 4 is 21.7 Å². The van der Waals surface area contributed by atoms with E-state index in [0.29, 0.717) is 24.8 Å². The number of hydrogen-bond acceptors (Lipinski definition) is 6. The second-order valence-corrected chi connectivity index (χ2v) is 10.8. The molecule has 0 N–H and O–H groups in total. The van der Waals surface area contributed by atoms with Gasteiger partial charge in [-0.15, -0.1) is 0 Å². The van der Waals surface area contributed by atoms with Crippen LogP contribution in [0.1, 0.15) is 35.6 Å². The van der Waals surface area contributed by atoms with Crippen LogP contribution >= 0.6 is 0 Å². The number of benzene rings is 1. The van der Waals surface area contributed by atoms with Crippen LogP contribution in [0.5, 0.6) is 0 Å². The monoisotopic (exact) mass is 426 g/mol. The van der Waals surface area contributed by atoms with Crippen molar-refractivity contribution in [1.29, 1.82) is 0 Å². The minimum atomic E-state index is -3.22. The van der Waals surface area contributed by atoms with Gasteiger partial charge in [0.25, 0.3) is 0 Å². The number of sulfone groups is 1. The Labute approximate surface area is 177 Å². The molecule has 1 amide bonds. The number of fused-ring (bicyclic) bond motifs is 3. The lowest BCUT2D eigenvalue weighted by Gasteiger charge is -2.19. The minimum absolute atomic E-state index is 0.0897. The molecule has 2 fully saturated rings. The molecule has 1 aliphatic carbocycles. The Hall–Kier alpha value is -2.48. The molecule has 2 atom stereocenters. The molecule has 5 rings (SSSR count). The number of likely N-dealkylation sites (tertiary alicyclic amines) is 1. The van der Waals surface area contributed by atoms with Crippen molar-refractivity contribution in [3.05, 3.63) is 47.3 Å². The molecular formula is C22H26N4O3S. The second kappa shape index (κ2) is 7.34. The summed E-state index contributed by atoms with van der Waals surface area (Å²) in [6.45, 7) is 3.50. The van der Waals surface area contributed by atoms with Crippen LogP contribution in [0.25, 0.3) is 0 Å². The van der Waals surface area contributed by atoms with Gasteiger partial charge in [0.2, 0.25) is 11.9 Å². The van der Waals surface area contributed by atoms with Gasteiger partial charge in [0, 0.05) is 44.5 Å². The maximum Gasteiger partial charge on any atom is 0.227 e. The van der Waals surface area contributed by atoms with Crippen molar-refractivity contribution in [2.45, 2.75) is 36.5 Å². The fraction of sp³-hybridized carbons (Fsp3) is 0.500. The molecule has 2 aliphatic heterocycles. The van der Waals surface area contributed by atoms with Crippen LogP contribution in [0.3, 0.4) is 0 Å². The summed E-state index contributed by atoms with van der Waals surface area (Å²) in [6.07, 6.45) is 6.79. The summed E-state index contributed by atoms with van der Waals surface area (Å²) in [4.78, 5) is 26.9. The SMILES string of the molecule is CS(=O)(=O)c1ccc(CC(=O)N2C[C@H]3Cc4cnc(N5CCCC5)nc4[C@H]3C2)cc1. The quantitative estimate of drug-likeness (QED) is 0.742. The van der Waals surface area contributed by atoms with Gasteiger partial charge in [-0.3, -0.25) is 4.79 Å². The molecule has 0 bridgehead atoms. The first-order valence-electron chi connectivity index (χ1n) is 10.6. The number of hydrogen-bond donors (Lipinski definition) is 0.